The van der Waals surface area contributed by atoms with Gasteiger partial charge in [0, 0.05) is 13.2 Å². The molecule has 1 aliphatic heterocycles. The van der Waals surface area contributed by atoms with Gasteiger partial charge in [-0.25, -0.2) is 0 Å². The summed E-state index contributed by atoms with van der Waals surface area (Å²) in [4.78, 5) is 0. The predicted octanol–water partition coefficient (Wildman–Crippen LogP) is 1.11. The van der Waals surface area contributed by atoms with Gasteiger partial charge in [0.05, 0.1) is 12.8 Å². The third kappa shape index (κ3) is 3.68. The SMILES string of the molecule is FCCCO[C@H]1CCCNC1. The number of alkyl halides is 1. The molecule has 66 valence electrons. The van der Waals surface area contributed by atoms with E-state index < -0.39 is 0 Å². The fraction of sp³-hybridized carbons (Fsp3) is 1.00. The maximum atomic E-state index is 11.7. The predicted molar refractivity (Wildman–Crippen MR) is 42.4 cm³/mol. The third-order valence-corrected chi connectivity index (χ3v) is 1.88. The smallest absolute Gasteiger partial charge is 0.0916 e. The Morgan fingerprint density at radius 1 is 1.55 bits per heavy atom. The highest BCUT2D eigenvalue weighted by Crippen LogP contribution is 2.05. The topological polar surface area (TPSA) is 21.3 Å². The van der Waals surface area contributed by atoms with Gasteiger partial charge in [-0.05, 0) is 25.8 Å². The van der Waals surface area contributed by atoms with Gasteiger partial charge in [0.2, 0.25) is 0 Å². The van der Waals surface area contributed by atoms with Crippen molar-refractivity contribution in [2.24, 2.45) is 0 Å². The molecule has 0 bridgehead atoms. The van der Waals surface area contributed by atoms with Crippen LogP contribution in [0.2, 0.25) is 0 Å². The van der Waals surface area contributed by atoms with Crippen molar-refractivity contribution in [3.63, 3.8) is 0 Å². The number of nitrogens with one attached hydrogen (secondary N) is 1. The van der Waals surface area contributed by atoms with Crippen LogP contribution in [0.1, 0.15) is 19.3 Å². The molecule has 0 radical (unpaired) electrons. The molecule has 11 heavy (non-hydrogen) atoms. The fourth-order valence-electron chi connectivity index (χ4n) is 1.27. The zero-order chi connectivity index (χ0) is 7.94. The van der Waals surface area contributed by atoms with Crippen LogP contribution < -0.4 is 5.32 Å². The lowest BCUT2D eigenvalue weighted by Gasteiger charge is -2.22. The minimum absolute atomic E-state index is 0.264. The van der Waals surface area contributed by atoms with Gasteiger partial charge in [-0.2, -0.15) is 0 Å². The summed E-state index contributed by atoms with van der Waals surface area (Å²) in [6.45, 7) is 2.35. The lowest BCUT2D eigenvalue weighted by atomic mass is 10.1. The molecule has 0 aromatic heterocycles. The van der Waals surface area contributed by atoms with Gasteiger partial charge in [-0.3, -0.25) is 4.39 Å². The van der Waals surface area contributed by atoms with Crippen molar-refractivity contribution in [2.45, 2.75) is 25.4 Å². The first-order valence-corrected chi connectivity index (χ1v) is 4.32. The molecule has 1 atom stereocenters. The Morgan fingerprint density at radius 3 is 3.09 bits per heavy atom. The van der Waals surface area contributed by atoms with Crippen LogP contribution in [0.15, 0.2) is 0 Å². The molecule has 1 fully saturated rings. The molecule has 0 spiro atoms. The van der Waals surface area contributed by atoms with Gasteiger partial charge in [-0.1, -0.05) is 0 Å². The van der Waals surface area contributed by atoms with Crippen LogP contribution in [0, 0.1) is 0 Å². The Bertz CT molecular complexity index is 94.1. The third-order valence-electron chi connectivity index (χ3n) is 1.88. The van der Waals surface area contributed by atoms with E-state index in [2.05, 4.69) is 5.32 Å². The highest BCUT2D eigenvalue weighted by Gasteiger charge is 2.11. The van der Waals surface area contributed by atoms with E-state index in [4.69, 9.17) is 4.74 Å². The molecular formula is C8H16FNO. The summed E-state index contributed by atoms with van der Waals surface area (Å²) in [6, 6.07) is 0. The van der Waals surface area contributed by atoms with E-state index in [0.717, 1.165) is 19.5 Å². The van der Waals surface area contributed by atoms with Crippen molar-refractivity contribution in [3.8, 4) is 0 Å². The molecule has 3 heteroatoms. The molecule has 0 aliphatic carbocycles. The first-order chi connectivity index (χ1) is 5.43. The van der Waals surface area contributed by atoms with Crippen molar-refractivity contribution in [1.29, 1.82) is 0 Å². The first-order valence-electron chi connectivity index (χ1n) is 4.32. The first kappa shape index (κ1) is 8.94. The van der Waals surface area contributed by atoms with Crippen LogP contribution in [-0.2, 0) is 4.74 Å². The van der Waals surface area contributed by atoms with Crippen LogP contribution in [0.5, 0.6) is 0 Å². The molecule has 1 rings (SSSR count). The van der Waals surface area contributed by atoms with Crippen molar-refractivity contribution >= 4 is 0 Å². The minimum Gasteiger partial charge on any atom is -0.377 e. The zero-order valence-electron chi connectivity index (χ0n) is 6.81. The molecule has 2 nitrogen and oxygen atoms in total. The van der Waals surface area contributed by atoms with E-state index in [1.807, 2.05) is 0 Å². The van der Waals surface area contributed by atoms with Gasteiger partial charge < -0.3 is 10.1 Å². The molecule has 1 heterocycles. The highest BCUT2D eigenvalue weighted by molar-refractivity contribution is 4.68. The summed E-state index contributed by atoms with van der Waals surface area (Å²) in [7, 11) is 0. The lowest BCUT2D eigenvalue weighted by molar-refractivity contribution is 0.0334. The molecule has 1 saturated heterocycles. The highest BCUT2D eigenvalue weighted by atomic mass is 19.1. The Morgan fingerprint density at radius 2 is 2.45 bits per heavy atom. The summed E-state index contributed by atoms with van der Waals surface area (Å²) < 4.78 is 17.1. The number of halogens is 1. The second-order valence-corrected chi connectivity index (χ2v) is 2.88. The lowest BCUT2D eigenvalue weighted by Crippen LogP contribution is -2.35. The summed E-state index contributed by atoms with van der Waals surface area (Å²) >= 11 is 0. The minimum atomic E-state index is -0.264. The maximum absolute atomic E-state index is 11.7. The second kappa shape index (κ2) is 5.49. The fourth-order valence-corrected chi connectivity index (χ4v) is 1.27. The zero-order valence-corrected chi connectivity index (χ0v) is 6.81. The second-order valence-electron chi connectivity index (χ2n) is 2.88. The Balaban J connectivity index is 1.96. The quantitative estimate of drug-likeness (QED) is 0.624. The van der Waals surface area contributed by atoms with Gasteiger partial charge in [0.1, 0.15) is 0 Å². The molecule has 0 saturated carbocycles. The monoisotopic (exact) mass is 161 g/mol. The largest absolute Gasteiger partial charge is 0.377 e. The van der Waals surface area contributed by atoms with Crippen LogP contribution >= 0.6 is 0 Å². The van der Waals surface area contributed by atoms with E-state index in [1.54, 1.807) is 0 Å². The van der Waals surface area contributed by atoms with Gasteiger partial charge in [0.25, 0.3) is 0 Å². The molecular weight excluding hydrogens is 145 g/mol. The number of rotatable bonds is 4. The van der Waals surface area contributed by atoms with Crippen LogP contribution in [0.3, 0.4) is 0 Å². The Labute approximate surface area is 67.1 Å². The van der Waals surface area contributed by atoms with Crippen molar-refractivity contribution in [1.82, 2.24) is 5.32 Å². The summed E-state index contributed by atoms with van der Waals surface area (Å²) in [6.07, 6.45) is 3.17. The number of hydrogen-bond acceptors (Lipinski definition) is 2. The maximum Gasteiger partial charge on any atom is 0.0916 e. The van der Waals surface area contributed by atoms with Crippen molar-refractivity contribution < 1.29 is 9.13 Å². The number of piperidine rings is 1. The standard InChI is InChI=1S/C8H16FNO/c9-4-2-6-11-8-3-1-5-10-7-8/h8,10H,1-7H2/t8-/m0/s1. The molecule has 0 aromatic carbocycles. The molecule has 0 unspecified atom stereocenters. The Hall–Kier alpha value is -0.150. The van der Waals surface area contributed by atoms with Gasteiger partial charge in [-0.15, -0.1) is 0 Å². The average Bonchev–Trinajstić information content (AvgIpc) is 2.07. The van der Waals surface area contributed by atoms with Crippen LogP contribution in [0.4, 0.5) is 4.39 Å². The van der Waals surface area contributed by atoms with Crippen molar-refractivity contribution in [3.05, 3.63) is 0 Å². The summed E-state index contributed by atoms with van der Waals surface area (Å²) in [5.74, 6) is 0. The van der Waals surface area contributed by atoms with Crippen LogP contribution in [0.25, 0.3) is 0 Å². The van der Waals surface area contributed by atoms with Crippen LogP contribution in [-0.4, -0.2) is 32.5 Å². The van der Waals surface area contributed by atoms with Gasteiger partial charge >= 0.3 is 0 Å². The summed E-state index contributed by atoms with van der Waals surface area (Å²) in [5.41, 5.74) is 0. The molecule has 0 aromatic rings. The average molecular weight is 161 g/mol. The number of ether oxygens (including phenoxy) is 1. The van der Waals surface area contributed by atoms with E-state index >= 15 is 0 Å². The van der Waals surface area contributed by atoms with E-state index in [9.17, 15) is 4.39 Å². The van der Waals surface area contributed by atoms with E-state index in [-0.39, 0.29) is 6.67 Å². The normalized spacial score (nSPS) is 25.4. The Kier molecular flexibility index (Phi) is 4.47. The van der Waals surface area contributed by atoms with Gasteiger partial charge in [0.15, 0.2) is 0 Å². The summed E-state index contributed by atoms with van der Waals surface area (Å²) in [5, 5.41) is 3.24. The van der Waals surface area contributed by atoms with E-state index in [0.29, 0.717) is 19.1 Å². The molecule has 1 aliphatic rings. The molecule has 1 N–H and O–H groups in total. The van der Waals surface area contributed by atoms with Crippen molar-refractivity contribution in [2.75, 3.05) is 26.4 Å². The van der Waals surface area contributed by atoms with E-state index in [1.165, 1.54) is 6.42 Å². The molecule has 0 amide bonds. The number of hydrogen-bond donors (Lipinski definition) is 1.